The minimum atomic E-state index is -2.58. The smallest absolute Gasteiger partial charge is 0.261 e. The number of hydrogen-bond acceptors (Lipinski definition) is 5. The molecule has 1 unspecified atom stereocenters. The molecule has 55 heavy (non-hydrogen) atoms. The molecule has 5 nitrogen and oxygen atoms in total. The molecule has 0 aliphatic heterocycles. The lowest BCUT2D eigenvalue weighted by Gasteiger charge is -2.43. The highest BCUT2D eigenvalue weighted by Crippen LogP contribution is 2.44. The molecule has 0 aromatic heterocycles. The second kappa shape index (κ2) is 21.0. The number of allylic oxidation sites excluding steroid dienone is 1. The van der Waals surface area contributed by atoms with Gasteiger partial charge in [-0.05, 0) is 64.8 Å². The number of benzene rings is 3. The summed E-state index contributed by atoms with van der Waals surface area (Å²) in [5.41, 5.74) is 2.05. The summed E-state index contributed by atoms with van der Waals surface area (Å²) in [5.74, 6) is 7.32. The van der Waals surface area contributed by atoms with Gasteiger partial charge in [0.05, 0.1) is 30.1 Å². The molecular formula is C47H66O5SSi2. The molecule has 4 rings (SSSR count). The van der Waals surface area contributed by atoms with Crippen LogP contribution in [-0.4, -0.2) is 65.7 Å². The van der Waals surface area contributed by atoms with Crippen molar-refractivity contribution in [2.45, 2.75) is 103 Å². The fourth-order valence-corrected chi connectivity index (χ4v) is 14.3. The average Bonchev–Trinajstić information content (AvgIpc) is 3.15. The zero-order chi connectivity index (χ0) is 40.0. The van der Waals surface area contributed by atoms with Crippen molar-refractivity contribution >= 4 is 37.6 Å². The van der Waals surface area contributed by atoms with Gasteiger partial charge in [-0.1, -0.05) is 157 Å². The van der Waals surface area contributed by atoms with E-state index in [0.717, 1.165) is 42.4 Å². The van der Waals surface area contributed by atoms with E-state index in [2.05, 4.69) is 146 Å². The van der Waals surface area contributed by atoms with Gasteiger partial charge in [0.1, 0.15) is 13.4 Å². The molecule has 0 saturated heterocycles. The van der Waals surface area contributed by atoms with Crippen molar-refractivity contribution in [1.29, 1.82) is 0 Å². The first-order valence-electron chi connectivity index (χ1n) is 19.9. The van der Waals surface area contributed by atoms with E-state index in [-0.39, 0.29) is 29.3 Å². The Morgan fingerprint density at radius 2 is 1.51 bits per heavy atom. The lowest BCUT2D eigenvalue weighted by atomic mass is 9.68. The Kier molecular flexibility index (Phi) is 17.2. The SMILES string of the molecule is C/C(=C\CCC#CCOCC1=C[C@@H](OCOCC[Si](C)(C)C)C[C@@H](C)[C@]1(C)CS(=O)c1ccccc1)CO[Si](c1ccccc1)(c1ccccc1)C(C)(C)C. The van der Waals surface area contributed by atoms with Crippen LogP contribution in [0.1, 0.15) is 60.8 Å². The Bertz CT molecular complexity index is 1710. The monoisotopic (exact) mass is 798 g/mol. The van der Waals surface area contributed by atoms with Gasteiger partial charge in [-0.3, -0.25) is 4.21 Å². The lowest BCUT2D eigenvalue weighted by Crippen LogP contribution is -2.66. The van der Waals surface area contributed by atoms with Crippen molar-refractivity contribution in [2.75, 3.05) is 39.0 Å². The highest BCUT2D eigenvalue weighted by Gasteiger charge is 2.50. The van der Waals surface area contributed by atoms with E-state index in [1.807, 2.05) is 30.3 Å². The summed E-state index contributed by atoms with van der Waals surface area (Å²) in [4.78, 5) is 0.857. The first-order chi connectivity index (χ1) is 26.2. The maximum Gasteiger partial charge on any atom is 0.261 e. The summed E-state index contributed by atoms with van der Waals surface area (Å²) < 4.78 is 38.9. The fourth-order valence-electron chi connectivity index (χ4n) is 7.26. The van der Waals surface area contributed by atoms with Gasteiger partial charge in [0, 0.05) is 37.2 Å². The maximum atomic E-state index is 13.6. The van der Waals surface area contributed by atoms with Crippen LogP contribution in [0.4, 0.5) is 0 Å². The van der Waals surface area contributed by atoms with Gasteiger partial charge in [0.15, 0.2) is 0 Å². The van der Waals surface area contributed by atoms with Crippen LogP contribution in [0.5, 0.6) is 0 Å². The van der Waals surface area contributed by atoms with Crippen molar-refractivity contribution in [2.24, 2.45) is 11.3 Å². The fraction of sp³-hybridized carbons (Fsp3) is 0.489. The summed E-state index contributed by atoms with van der Waals surface area (Å²) in [6, 6.07) is 32.5. The molecule has 0 amide bonds. The van der Waals surface area contributed by atoms with Crippen molar-refractivity contribution in [3.63, 3.8) is 0 Å². The predicted octanol–water partition coefficient (Wildman–Crippen LogP) is 9.79. The summed E-state index contributed by atoms with van der Waals surface area (Å²) in [6.45, 7) is 23.0. The highest BCUT2D eigenvalue weighted by atomic mass is 32.2. The van der Waals surface area contributed by atoms with Crippen LogP contribution in [0.15, 0.2) is 119 Å². The van der Waals surface area contributed by atoms with Crippen LogP contribution in [-0.2, 0) is 29.4 Å². The van der Waals surface area contributed by atoms with Crippen molar-refractivity contribution in [3.05, 3.63) is 114 Å². The quantitative estimate of drug-likeness (QED) is 0.0398. The van der Waals surface area contributed by atoms with Crippen LogP contribution in [0.2, 0.25) is 30.7 Å². The summed E-state index contributed by atoms with van der Waals surface area (Å²) in [6.07, 6.45) is 6.84. The summed E-state index contributed by atoms with van der Waals surface area (Å²) in [5, 5.41) is 2.53. The molecule has 0 heterocycles. The second-order valence-electron chi connectivity index (χ2n) is 17.5. The Labute approximate surface area is 337 Å². The van der Waals surface area contributed by atoms with Gasteiger partial charge >= 0.3 is 0 Å². The minimum absolute atomic E-state index is 0.0565. The zero-order valence-corrected chi connectivity index (χ0v) is 37.8. The van der Waals surface area contributed by atoms with Crippen LogP contribution >= 0.6 is 0 Å². The summed E-state index contributed by atoms with van der Waals surface area (Å²) >= 11 is 0. The number of rotatable bonds is 19. The van der Waals surface area contributed by atoms with Gasteiger partial charge in [-0.15, -0.1) is 5.92 Å². The topological polar surface area (TPSA) is 54.0 Å². The van der Waals surface area contributed by atoms with Crippen LogP contribution in [0.25, 0.3) is 0 Å². The molecule has 3 aromatic carbocycles. The lowest BCUT2D eigenvalue weighted by molar-refractivity contribution is -0.0835. The molecule has 298 valence electrons. The van der Waals surface area contributed by atoms with E-state index in [9.17, 15) is 4.21 Å². The average molecular weight is 799 g/mol. The molecular weight excluding hydrogens is 733 g/mol. The first-order valence-corrected chi connectivity index (χ1v) is 26.9. The molecule has 0 fully saturated rings. The predicted molar refractivity (Wildman–Crippen MR) is 237 cm³/mol. The molecule has 8 heteroatoms. The third-order valence-corrected chi connectivity index (χ3v) is 19.2. The molecule has 1 aliphatic rings. The zero-order valence-electron chi connectivity index (χ0n) is 35.0. The second-order valence-corrected chi connectivity index (χ2v) is 28.9. The number of hydrogen-bond donors (Lipinski definition) is 0. The third-order valence-electron chi connectivity index (χ3n) is 10.8. The van der Waals surface area contributed by atoms with Crippen molar-refractivity contribution < 1.29 is 22.8 Å². The Morgan fingerprint density at radius 1 is 0.909 bits per heavy atom. The van der Waals surface area contributed by atoms with E-state index in [1.54, 1.807) is 0 Å². The van der Waals surface area contributed by atoms with Crippen molar-refractivity contribution in [3.8, 4) is 11.8 Å². The van der Waals surface area contributed by atoms with Crippen LogP contribution < -0.4 is 10.4 Å². The highest BCUT2D eigenvalue weighted by molar-refractivity contribution is 7.85. The van der Waals surface area contributed by atoms with E-state index < -0.39 is 27.2 Å². The molecule has 4 atom stereocenters. The molecule has 0 N–H and O–H groups in total. The van der Waals surface area contributed by atoms with E-state index in [1.165, 1.54) is 15.9 Å². The largest absolute Gasteiger partial charge is 0.403 e. The van der Waals surface area contributed by atoms with Gasteiger partial charge in [0.25, 0.3) is 8.32 Å². The molecule has 0 spiro atoms. The molecule has 0 bridgehead atoms. The number of unbranched alkanes of at least 4 members (excludes halogenated alkanes) is 1. The Morgan fingerprint density at radius 3 is 2.09 bits per heavy atom. The molecule has 1 aliphatic carbocycles. The van der Waals surface area contributed by atoms with Crippen molar-refractivity contribution in [1.82, 2.24) is 0 Å². The first kappa shape index (κ1) is 44.8. The van der Waals surface area contributed by atoms with Crippen LogP contribution in [0, 0.1) is 23.2 Å². The normalized spacial score (nSPS) is 20.0. The Balaban J connectivity index is 1.35. The van der Waals surface area contributed by atoms with Crippen LogP contribution in [0.3, 0.4) is 0 Å². The standard InChI is InChI=1S/C47H66O5SSi2/c1-39(35-52-55(46(3,4)5,44-26-18-13-19-27-44)45-28-20-14-21-29-45)23-15-10-11-22-30-49-36-41-34-42(51-38-50-31-32-54(7,8)9)33-40(2)47(41,6)37-53(48)43-24-16-12-17-25-43/h12-14,16-21,23-29,34,40,42H,10,15,30-33,35-38H2,1-9H3/b39-23+/t40-,42+,47+,53?/m1/s1. The maximum absolute atomic E-state index is 13.6. The minimum Gasteiger partial charge on any atom is -0.403 e. The van der Waals surface area contributed by atoms with Gasteiger partial charge in [-0.25, -0.2) is 0 Å². The molecule has 0 radical (unpaired) electrons. The molecule has 3 aromatic rings. The number of ether oxygens (including phenoxy) is 3. The third kappa shape index (κ3) is 13.1. The van der Waals surface area contributed by atoms with Gasteiger partial charge < -0.3 is 18.6 Å². The van der Waals surface area contributed by atoms with E-state index in [0.29, 0.717) is 25.6 Å². The van der Waals surface area contributed by atoms with E-state index >= 15 is 0 Å². The van der Waals surface area contributed by atoms with Gasteiger partial charge in [0.2, 0.25) is 0 Å². The molecule has 0 saturated carbocycles. The summed E-state index contributed by atoms with van der Waals surface area (Å²) in [7, 11) is -4.87. The van der Waals surface area contributed by atoms with E-state index in [4.69, 9.17) is 18.6 Å². The van der Waals surface area contributed by atoms with Gasteiger partial charge in [-0.2, -0.15) is 0 Å². The Hall–Kier alpha value is -2.88.